The summed E-state index contributed by atoms with van der Waals surface area (Å²) in [5.41, 5.74) is 1.04. The average Bonchev–Trinajstić information content (AvgIpc) is 2.43. The molecular weight excluding hydrogens is 317 g/mol. The molecule has 0 atom stereocenters. The number of amides is 1. The molecule has 1 rings (SSSR count). The van der Waals surface area contributed by atoms with Crippen LogP contribution in [-0.2, 0) is 19.1 Å². The zero-order valence-corrected chi connectivity index (χ0v) is 13.2. The highest BCUT2D eigenvalue weighted by Crippen LogP contribution is 2.32. The summed E-state index contributed by atoms with van der Waals surface area (Å²) in [6.07, 6.45) is 0.0462. The molecule has 0 radical (unpaired) electrons. The van der Waals surface area contributed by atoms with Gasteiger partial charge in [0.05, 0.1) is 22.2 Å². The van der Waals surface area contributed by atoms with Gasteiger partial charge in [0.2, 0.25) is 0 Å². The van der Waals surface area contributed by atoms with E-state index < -0.39 is 18.5 Å². The number of carbonyl (C=O) groups excluding carboxylic acids is 3. The van der Waals surface area contributed by atoms with E-state index in [9.17, 15) is 14.4 Å². The molecule has 0 aliphatic rings. The third-order valence-corrected chi connectivity index (χ3v) is 3.40. The summed E-state index contributed by atoms with van der Waals surface area (Å²) in [4.78, 5) is 33.7. The lowest BCUT2D eigenvalue weighted by Gasteiger charge is -2.11. The summed E-state index contributed by atoms with van der Waals surface area (Å²) >= 11 is 12.0. The minimum absolute atomic E-state index is 0.0471. The van der Waals surface area contributed by atoms with Gasteiger partial charge in [-0.25, -0.2) is 0 Å². The summed E-state index contributed by atoms with van der Waals surface area (Å²) in [6, 6.07) is 3.33. The molecule has 1 N–H and O–H groups in total. The first-order chi connectivity index (χ1) is 9.81. The number of esters is 1. The summed E-state index contributed by atoms with van der Waals surface area (Å²) in [7, 11) is 0. The Balaban J connectivity index is 2.53. The zero-order chi connectivity index (χ0) is 16.0. The summed E-state index contributed by atoms with van der Waals surface area (Å²) in [5.74, 6) is -1.28. The number of benzene rings is 1. The lowest BCUT2D eigenvalue weighted by molar-refractivity contribution is -0.148. The topological polar surface area (TPSA) is 72.5 Å². The maximum Gasteiger partial charge on any atom is 0.306 e. The molecule has 1 aromatic rings. The molecule has 114 valence electrons. The molecule has 1 aromatic carbocycles. The molecule has 0 fully saturated rings. The molecule has 0 aliphatic carbocycles. The second kappa shape index (κ2) is 8.00. The molecule has 0 saturated carbocycles. The summed E-state index contributed by atoms with van der Waals surface area (Å²) < 4.78 is 4.75. The lowest BCUT2D eigenvalue weighted by atomic mass is 10.2. The lowest BCUT2D eigenvalue weighted by Crippen LogP contribution is -2.21. The smallest absolute Gasteiger partial charge is 0.306 e. The van der Waals surface area contributed by atoms with Crippen LogP contribution in [0.25, 0.3) is 0 Å². The monoisotopic (exact) mass is 331 g/mol. The highest BCUT2D eigenvalue weighted by Gasteiger charge is 2.13. The molecule has 7 heteroatoms. The Bertz CT molecular complexity index is 572. The molecule has 0 aliphatic heterocycles. The largest absolute Gasteiger partial charge is 0.456 e. The first-order valence-corrected chi connectivity index (χ1v) is 6.96. The second-order valence-electron chi connectivity index (χ2n) is 4.46. The summed E-state index contributed by atoms with van der Waals surface area (Å²) in [5, 5.41) is 3.12. The van der Waals surface area contributed by atoms with Crippen molar-refractivity contribution in [1.82, 2.24) is 0 Å². The van der Waals surface area contributed by atoms with Gasteiger partial charge in [0.25, 0.3) is 5.91 Å². The summed E-state index contributed by atoms with van der Waals surface area (Å²) in [6.45, 7) is 2.69. The van der Waals surface area contributed by atoms with Crippen molar-refractivity contribution >= 4 is 46.5 Å². The number of aryl methyl sites for hydroxylation is 1. The molecule has 0 heterocycles. The first kappa shape index (κ1) is 17.5. The molecular formula is C14H15Cl2NO4. The van der Waals surface area contributed by atoms with Gasteiger partial charge in [0.1, 0.15) is 5.78 Å². The SMILES string of the molecule is CC(=O)CCC(=O)OCC(=O)Nc1c(Cl)ccc(C)c1Cl. The predicted octanol–water partition coefficient (Wildman–Crippen LogP) is 3.15. The van der Waals surface area contributed by atoms with Crippen LogP contribution in [0.5, 0.6) is 0 Å². The zero-order valence-electron chi connectivity index (χ0n) is 11.7. The number of Topliss-reactive ketones (excluding diaryl/α,β-unsaturated/α-hetero) is 1. The van der Waals surface area contributed by atoms with Gasteiger partial charge in [-0.15, -0.1) is 0 Å². The number of anilines is 1. The van der Waals surface area contributed by atoms with E-state index in [2.05, 4.69) is 5.32 Å². The molecule has 5 nitrogen and oxygen atoms in total. The highest BCUT2D eigenvalue weighted by molar-refractivity contribution is 6.40. The van der Waals surface area contributed by atoms with E-state index in [0.29, 0.717) is 10.0 Å². The first-order valence-electron chi connectivity index (χ1n) is 6.20. The fourth-order valence-electron chi connectivity index (χ4n) is 1.44. The van der Waals surface area contributed by atoms with Crippen molar-refractivity contribution < 1.29 is 19.1 Å². The number of carbonyl (C=O) groups is 3. The van der Waals surface area contributed by atoms with Crippen LogP contribution in [-0.4, -0.2) is 24.3 Å². The van der Waals surface area contributed by atoms with Crippen LogP contribution < -0.4 is 5.32 Å². The maximum absolute atomic E-state index is 11.7. The number of ether oxygens (including phenoxy) is 1. The minimum atomic E-state index is -0.609. The van der Waals surface area contributed by atoms with E-state index in [-0.39, 0.29) is 24.3 Å². The van der Waals surface area contributed by atoms with Crippen molar-refractivity contribution in [3.8, 4) is 0 Å². The quantitative estimate of drug-likeness (QED) is 0.812. The van der Waals surface area contributed by atoms with E-state index in [1.165, 1.54) is 6.92 Å². The van der Waals surface area contributed by atoms with Crippen LogP contribution in [0.1, 0.15) is 25.3 Å². The van der Waals surface area contributed by atoms with Gasteiger partial charge >= 0.3 is 5.97 Å². The highest BCUT2D eigenvalue weighted by atomic mass is 35.5. The van der Waals surface area contributed by atoms with Crippen LogP contribution >= 0.6 is 23.2 Å². The van der Waals surface area contributed by atoms with Crippen molar-refractivity contribution in [3.05, 3.63) is 27.7 Å². The predicted molar refractivity (Wildman–Crippen MR) is 80.7 cm³/mol. The average molecular weight is 332 g/mol. The number of hydrogen-bond acceptors (Lipinski definition) is 4. The van der Waals surface area contributed by atoms with Gasteiger partial charge in [-0.3, -0.25) is 9.59 Å². The fourth-order valence-corrected chi connectivity index (χ4v) is 1.91. The Morgan fingerprint density at radius 2 is 1.86 bits per heavy atom. The van der Waals surface area contributed by atoms with Gasteiger partial charge in [-0.1, -0.05) is 29.3 Å². The van der Waals surface area contributed by atoms with Crippen molar-refractivity contribution in [1.29, 1.82) is 0 Å². The van der Waals surface area contributed by atoms with E-state index in [1.807, 2.05) is 0 Å². The number of halogens is 2. The Morgan fingerprint density at radius 1 is 1.19 bits per heavy atom. The van der Waals surface area contributed by atoms with Crippen molar-refractivity contribution in [2.24, 2.45) is 0 Å². The number of rotatable bonds is 6. The molecule has 0 bridgehead atoms. The van der Waals surface area contributed by atoms with Gasteiger partial charge in [-0.05, 0) is 25.5 Å². The minimum Gasteiger partial charge on any atom is -0.456 e. The molecule has 0 aromatic heterocycles. The van der Waals surface area contributed by atoms with Crippen LogP contribution in [0.4, 0.5) is 5.69 Å². The van der Waals surface area contributed by atoms with Gasteiger partial charge in [-0.2, -0.15) is 0 Å². The van der Waals surface area contributed by atoms with Crippen LogP contribution in [0.15, 0.2) is 12.1 Å². The van der Waals surface area contributed by atoms with Crippen LogP contribution in [0, 0.1) is 6.92 Å². The van der Waals surface area contributed by atoms with E-state index in [1.54, 1.807) is 19.1 Å². The Labute approximate surface area is 132 Å². The van der Waals surface area contributed by atoms with Crippen LogP contribution in [0.3, 0.4) is 0 Å². The van der Waals surface area contributed by atoms with Gasteiger partial charge in [0, 0.05) is 6.42 Å². The van der Waals surface area contributed by atoms with E-state index >= 15 is 0 Å². The molecule has 0 spiro atoms. The third-order valence-electron chi connectivity index (χ3n) is 2.59. The molecule has 0 saturated heterocycles. The number of hydrogen-bond donors (Lipinski definition) is 1. The normalized spacial score (nSPS) is 10.1. The van der Waals surface area contributed by atoms with Crippen molar-refractivity contribution in [2.75, 3.05) is 11.9 Å². The van der Waals surface area contributed by atoms with Crippen LogP contribution in [0.2, 0.25) is 10.0 Å². The van der Waals surface area contributed by atoms with Gasteiger partial charge < -0.3 is 14.8 Å². The standard InChI is InChI=1S/C14H15Cl2NO4/c1-8-3-5-10(15)14(13(8)16)17-11(19)7-21-12(20)6-4-9(2)18/h3,5H,4,6-7H2,1-2H3,(H,17,19). The second-order valence-corrected chi connectivity index (χ2v) is 5.25. The number of ketones is 1. The maximum atomic E-state index is 11.7. The Hall–Kier alpha value is -1.59. The van der Waals surface area contributed by atoms with Crippen molar-refractivity contribution in [2.45, 2.75) is 26.7 Å². The number of nitrogens with one attached hydrogen (secondary N) is 1. The Morgan fingerprint density at radius 3 is 2.48 bits per heavy atom. The fraction of sp³-hybridized carbons (Fsp3) is 0.357. The Kier molecular flexibility index (Phi) is 6.65. The molecule has 1 amide bonds. The molecule has 0 unspecified atom stereocenters. The van der Waals surface area contributed by atoms with Gasteiger partial charge in [0.15, 0.2) is 6.61 Å². The van der Waals surface area contributed by atoms with Crippen molar-refractivity contribution in [3.63, 3.8) is 0 Å². The van der Waals surface area contributed by atoms with E-state index in [4.69, 9.17) is 27.9 Å². The molecule has 21 heavy (non-hydrogen) atoms. The third kappa shape index (κ3) is 5.73. The van der Waals surface area contributed by atoms with E-state index in [0.717, 1.165) is 5.56 Å².